The molecule has 2 aliphatic rings. The van der Waals surface area contributed by atoms with Gasteiger partial charge in [-0.25, -0.2) is 4.79 Å². The van der Waals surface area contributed by atoms with Gasteiger partial charge in [-0.1, -0.05) is 13.0 Å². The summed E-state index contributed by atoms with van der Waals surface area (Å²) in [6.07, 6.45) is 0.705. The number of ether oxygens (including phenoxy) is 1. The molecule has 10 heteroatoms. The van der Waals surface area contributed by atoms with Crippen LogP contribution in [-0.4, -0.2) is 75.9 Å². The van der Waals surface area contributed by atoms with Gasteiger partial charge < -0.3 is 35.2 Å². The molecular weight excluding hydrogens is 367 g/mol. The molecule has 2 heterocycles. The van der Waals surface area contributed by atoms with E-state index in [0.29, 0.717) is 18.7 Å². The van der Waals surface area contributed by atoms with Gasteiger partial charge in [-0.3, -0.25) is 4.79 Å². The van der Waals surface area contributed by atoms with Gasteiger partial charge >= 0.3 is 13.1 Å². The van der Waals surface area contributed by atoms with Gasteiger partial charge in [-0.15, -0.1) is 0 Å². The van der Waals surface area contributed by atoms with Crippen LogP contribution in [0.2, 0.25) is 6.32 Å². The third-order valence-corrected chi connectivity index (χ3v) is 5.36. The Morgan fingerprint density at radius 3 is 2.61 bits per heavy atom. The number of aryl methyl sites for hydroxylation is 1. The second-order valence-electron chi connectivity index (χ2n) is 7.45. The molecule has 28 heavy (non-hydrogen) atoms. The number of phenols is 1. The Balaban J connectivity index is 1.64. The number of benzene rings is 1. The summed E-state index contributed by atoms with van der Waals surface area (Å²) in [5.74, 6) is -1.43. The van der Waals surface area contributed by atoms with Crippen LogP contribution in [0.3, 0.4) is 0 Å². The van der Waals surface area contributed by atoms with Crippen LogP contribution in [-0.2, 0) is 11.2 Å². The molecule has 0 unspecified atom stereocenters. The van der Waals surface area contributed by atoms with E-state index in [0.717, 1.165) is 13.0 Å². The van der Waals surface area contributed by atoms with Crippen molar-refractivity contribution >= 4 is 19.0 Å². The van der Waals surface area contributed by atoms with Crippen molar-refractivity contribution in [1.82, 2.24) is 10.2 Å². The molecule has 5 N–H and O–H groups in total. The molecule has 2 aliphatic heterocycles. The highest BCUT2D eigenvalue weighted by Crippen LogP contribution is 2.34. The number of likely N-dealkylation sites (tertiary alicyclic amines) is 1. The lowest BCUT2D eigenvalue weighted by Crippen LogP contribution is -2.60. The normalized spacial score (nSPS) is 22.0. The first-order valence-corrected chi connectivity index (χ1v) is 9.41. The molecular formula is C18H25BN2O7. The number of carboxylic acids is 1. The molecule has 0 bridgehead atoms. The Hall–Kier alpha value is -2.30. The molecule has 0 aliphatic carbocycles. The number of aromatic hydroxyl groups is 1. The SMILES string of the molecule is C[C@@H]1CCN[C@@H]1C(=O)N1CC(Oc2ccc(CCB(O)O)c(O)c2C(=O)O)C1. The Bertz CT molecular complexity index is 752. The van der Waals surface area contributed by atoms with Gasteiger partial charge in [0.05, 0.1) is 19.1 Å². The molecule has 9 nitrogen and oxygen atoms in total. The second-order valence-corrected chi connectivity index (χ2v) is 7.45. The van der Waals surface area contributed by atoms with Gasteiger partial charge in [0.2, 0.25) is 5.91 Å². The zero-order valence-corrected chi connectivity index (χ0v) is 15.7. The van der Waals surface area contributed by atoms with Crippen molar-refractivity contribution < 1.29 is 34.6 Å². The third-order valence-electron chi connectivity index (χ3n) is 5.36. The van der Waals surface area contributed by atoms with Crippen LogP contribution in [0.15, 0.2) is 12.1 Å². The number of carbonyl (C=O) groups is 2. The summed E-state index contributed by atoms with van der Waals surface area (Å²) in [5.41, 5.74) is -0.0645. The zero-order valence-electron chi connectivity index (χ0n) is 15.7. The summed E-state index contributed by atoms with van der Waals surface area (Å²) in [6.45, 7) is 3.59. The van der Waals surface area contributed by atoms with Crippen LogP contribution >= 0.6 is 0 Å². The van der Waals surface area contributed by atoms with Crippen LogP contribution in [0.5, 0.6) is 11.5 Å². The van der Waals surface area contributed by atoms with E-state index in [4.69, 9.17) is 14.8 Å². The standard InChI is InChI=1S/C18H25BN2O7/c1-10-5-7-20-15(10)17(23)21-8-12(9-21)28-13-3-2-11(4-6-19(26)27)16(22)14(13)18(24)25/h2-3,10,12,15,20,22,26-27H,4-9H2,1H3,(H,24,25)/t10-,15+/m1/s1. The smallest absolute Gasteiger partial charge is 0.451 e. The van der Waals surface area contributed by atoms with Gasteiger partial charge in [0, 0.05) is 0 Å². The largest absolute Gasteiger partial charge is 0.507 e. The van der Waals surface area contributed by atoms with Crippen LogP contribution in [0.1, 0.15) is 29.3 Å². The number of nitrogens with one attached hydrogen (secondary N) is 1. The van der Waals surface area contributed by atoms with E-state index in [9.17, 15) is 19.8 Å². The molecule has 0 aromatic heterocycles. The Labute approximate surface area is 163 Å². The number of aromatic carboxylic acids is 1. The van der Waals surface area contributed by atoms with Crippen LogP contribution in [0.4, 0.5) is 0 Å². The topological polar surface area (TPSA) is 140 Å². The second kappa shape index (κ2) is 8.38. The molecule has 2 atom stereocenters. The maximum absolute atomic E-state index is 12.5. The number of carboxylic acid groups (broad SMARTS) is 1. The minimum Gasteiger partial charge on any atom is -0.507 e. The van der Waals surface area contributed by atoms with Gasteiger partial charge in [-0.2, -0.15) is 0 Å². The van der Waals surface area contributed by atoms with Crippen molar-refractivity contribution in [2.45, 2.75) is 38.2 Å². The first-order valence-electron chi connectivity index (χ1n) is 9.41. The number of rotatable bonds is 7. The molecule has 152 valence electrons. The summed E-state index contributed by atoms with van der Waals surface area (Å²) in [5, 5.41) is 40.8. The summed E-state index contributed by atoms with van der Waals surface area (Å²) < 4.78 is 5.72. The fourth-order valence-electron chi connectivity index (χ4n) is 3.64. The van der Waals surface area contributed by atoms with Crippen molar-refractivity contribution in [3.8, 4) is 11.5 Å². The Morgan fingerprint density at radius 2 is 2.04 bits per heavy atom. The molecule has 1 amide bonds. The van der Waals surface area contributed by atoms with Crippen molar-refractivity contribution in [3.63, 3.8) is 0 Å². The highest BCUT2D eigenvalue weighted by atomic mass is 16.5. The minimum absolute atomic E-state index is 0.0276. The first-order chi connectivity index (χ1) is 13.3. The van der Waals surface area contributed by atoms with E-state index in [1.54, 1.807) is 4.90 Å². The summed E-state index contributed by atoms with van der Waals surface area (Å²) >= 11 is 0. The maximum atomic E-state index is 12.5. The van der Waals surface area contributed by atoms with Gasteiger partial charge in [0.15, 0.2) is 0 Å². The molecule has 2 fully saturated rings. The molecule has 0 spiro atoms. The molecule has 0 saturated carbocycles. The van der Waals surface area contributed by atoms with Crippen LogP contribution in [0, 0.1) is 5.92 Å². The third kappa shape index (κ3) is 4.24. The van der Waals surface area contributed by atoms with Crippen molar-refractivity contribution in [2.75, 3.05) is 19.6 Å². The van der Waals surface area contributed by atoms with Crippen LogP contribution in [0.25, 0.3) is 0 Å². The molecule has 3 rings (SSSR count). The van der Waals surface area contributed by atoms with Crippen LogP contribution < -0.4 is 10.1 Å². The summed E-state index contributed by atoms with van der Waals surface area (Å²) in [7, 11) is -1.54. The molecule has 2 saturated heterocycles. The molecule has 0 radical (unpaired) electrons. The van der Waals surface area contributed by atoms with Gasteiger partial charge in [-0.05, 0) is 43.3 Å². The van der Waals surface area contributed by atoms with Crippen molar-refractivity contribution in [3.05, 3.63) is 23.3 Å². The lowest BCUT2D eigenvalue weighted by Gasteiger charge is -2.41. The predicted octanol–water partition coefficient (Wildman–Crippen LogP) is -0.307. The fourth-order valence-corrected chi connectivity index (χ4v) is 3.64. The van der Waals surface area contributed by atoms with E-state index in [2.05, 4.69) is 5.32 Å². The van der Waals surface area contributed by atoms with E-state index < -0.39 is 18.8 Å². The zero-order chi connectivity index (χ0) is 20.4. The highest BCUT2D eigenvalue weighted by molar-refractivity contribution is 6.41. The number of hydrogen-bond donors (Lipinski definition) is 5. The lowest BCUT2D eigenvalue weighted by atomic mass is 9.82. The Kier molecular flexibility index (Phi) is 6.12. The quantitative estimate of drug-likeness (QED) is 0.399. The summed E-state index contributed by atoms with van der Waals surface area (Å²) in [4.78, 5) is 25.7. The monoisotopic (exact) mass is 392 g/mol. The maximum Gasteiger partial charge on any atom is 0.451 e. The molecule has 1 aromatic rings. The summed E-state index contributed by atoms with van der Waals surface area (Å²) in [6, 6.07) is 2.78. The van der Waals surface area contributed by atoms with Crippen molar-refractivity contribution in [1.29, 1.82) is 0 Å². The highest BCUT2D eigenvalue weighted by Gasteiger charge is 2.39. The number of carbonyl (C=O) groups excluding carboxylic acids is 1. The lowest BCUT2D eigenvalue weighted by molar-refractivity contribution is -0.142. The van der Waals surface area contributed by atoms with E-state index in [1.165, 1.54) is 12.1 Å². The Morgan fingerprint density at radius 1 is 1.32 bits per heavy atom. The fraction of sp³-hybridized carbons (Fsp3) is 0.556. The minimum atomic E-state index is -1.54. The van der Waals surface area contributed by atoms with E-state index in [-0.39, 0.29) is 48.0 Å². The average molecular weight is 392 g/mol. The van der Waals surface area contributed by atoms with Gasteiger partial charge in [0.1, 0.15) is 23.2 Å². The number of nitrogens with zero attached hydrogens (tertiary/aromatic N) is 1. The van der Waals surface area contributed by atoms with E-state index >= 15 is 0 Å². The van der Waals surface area contributed by atoms with Gasteiger partial charge in [0.25, 0.3) is 0 Å². The predicted molar refractivity (Wildman–Crippen MR) is 100 cm³/mol. The first kappa shape index (κ1) is 20.4. The van der Waals surface area contributed by atoms with E-state index in [1.807, 2.05) is 6.92 Å². The van der Waals surface area contributed by atoms with Crippen molar-refractivity contribution in [2.24, 2.45) is 5.92 Å². The number of hydrogen-bond acceptors (Lipinski definition) is 7. The average Bonchev–Trinajstić information content (AvgIpc) is 3.01. The molecule has 1 aromatic carbocycles. The number of amides is 1.